The lowest BCUT2D eigenvalue weighted by atomic mass is 10.1. The molecule has 1 aromatic carbocycles. The highest BCUT2D eigenvalue weighted by Crippen LogP contribution is 2.15. The van der Waals surface area contributed by atoms with Crippen LogP contribution in [0.2, 0.25) is 0 Å². The molecule has 0 aliphatic carbocycles. The minimum Gasteiger partial charge on any atom is -0.376 e. The molecule has 6 heteroatoms. The Hall–Kier alpha value is -2.73. The molecule has 6 nitrogen and oxygen atoms in total. The summed E-state index contributed by atoms with van der Waals surface area (Å²) >= 11 is 0. The molecule has 1 unspecified atom stereocenters. The summed E-state index contributed by atoms with van der Waals surface area (Å²) in [4.78, 5) is 28.7. The fourth-order valence-corrected chi connectivity index (χ4v) is 2.71. The summed E-state index contributed by atoms with van der Waals surface area (Å²) in [6, 6.07) is 10.6. The van der Waals surface area contributed by atoms with Crippen LogP contribution in [-0.2, 0) is 4.74 Å². The van der Waals surface area contributed by atoms with E-state index in [1.807, 2.05) is 31.2 Å². The van der Waals surface area contributed by atoms with Crippen molar-refractivity contribution in [1.82, 2.24) is 10.3 Å². The summed E-state index contributed by atoms with van der Waals surface area (Å²) in [6.07, 6.45) is 3.53. The molecule has 1 aromatic heterocycles. The molecule has 1 fully saturated rings. The molecule has 2 aromatic rings. The number of amides is 2. The van der Waals surface area contributed by atoms with Crippen LogP contribution in [0, 0.1) is 6.92 Å². The summed E-state index contributed by atoms with van der Waals surface area (Å²) < 4.78 is 5.49. The quantitative estimate of drug-likeness (QED) is 0.877. The van der Waals surface area contributed by atoms with Gasteiger partial charge in [-0.2, -0.15) is 0 Å². The van der Waals surface area contributed by atoms with Crippen molar-refractivity contribution in [3.63, 3.8) is 0 Å². The molecule has 0 saturated carbocycles. The van der Waals surface area contributed by atoms with Crippen molar-refractivity contribution in [1.29, 1.82) is 0 Å². The highest BCUT2D eigenvalue weighted by atomic mass is 16.5. The van der Waals surface area contributed by atoms with Crippen LogP contribution in [0.1, 0.15) is 39.3 Å². The molecule has 25 heavy (non-hydrogen) atoms. The smallest absolute Gasteiger partial charge is 0.274 e. The number of aromatic nitrogens is 1. The van der Waals surface area contributed by atoms with Crippen LogP contribution in [0.4, 0.5) is 5.69 Å². The minimum atomic E-state index is -0.344. The molecular weight excluding hydrogens is 318 g/mol. The second-order valence-corrected chi connectivity index (χ2v) is 6.04. The number of aryl methyl sites for hydroxylation is 1. The molecule has 2 N–H and O–H groups in total. The summed E-state index contributed by atoms with van der Waals surface area (Å²) in [5.74, 6) is -0.578. The lowest BCUT2D eigenvalue weighted by Gasteiger charge is -2.11. The zero-order valence-electron chi connectivity index (χ0n) is 14.1. The fourth-order valence-electron chi connectivity index (χ4n) is 2.71. The topological polar surface area (TPSA) is 80.3 Å². The SMILES string of the molecule is Cc1ccccc1NC(=O)c1cc(C(=O)NCC2CCCO2)ccn1. The summed E-state index contributed by atoms with van der Waals surface area (Å²) in [5, 5.41) is 5.66. The van der Waals surface area contributed by atoms with Crippen LogP contribution in [0.3, 0.4) is 0 Å². The van der Waals surface area contributed by atoms with E-state index >= 15 is 0 Å². The number of pyridine rings is 1. The number of carbonyl (C=O) groups excluding carboxylic acids is 2. The molecule has 3 rings (SSSR count). The van der Waals surface area contributed by atoms with Crippen LogP contribution in [-0.4, -0.2) is 36.1 Å². The monoisotopic (exact) mass is 339 g/mol. The van der Waals surface area contributed by atoms with E-state index in [0.717, 1.165) is 30.7 Å². The molecule has 1 aliphatic heterocycles. The number of rotatable bonds is 5. The zero-order chi connectivity index (χ0) is 17.6. The van der Waals surface area contributed by atoms with E-state index < -0.39 is 0 Å². The number of anilines is 1. The summed E-state index contributed by atoms with van der Waals surface area (Å²) in [6.45, 7) is 3.14. The number of ether oxygens (including phenoxy) is 1. The third-order valence-electron chi connectivity index (χ3n) is 4.16. The average Bonchev–Trinajstić information content (AvgIpc) is 3.15. The predicted octanol–water partition coefficient (Wildman–Crippen LogP) is 2.55. The Kier molecular flexibility index (Phi) is 5.40. The lowest BCUT2D eigenvalue weighted by Crippen LogP contribution is -2.32. The standard InChI is InChI=1S/C19H21N3O3/c1-13-5-2-3-7-16(13)22-19(24)17-11-14(8-9-20-17)18(23)21-12-15-6-4-10-25-15/h2-3,5,7-9,11,15H,4,6,10,12H2,1H3,(H,21,23)(H,22,24). The third kappa shape index (κ3) is 4.42. The third-order valence-corrected chi connectivity index (χ3v) is 4.16. The Bertz CT molecular complexity index is 770. The molecular formula is C19H21N3O3. The second kappa shape index (κ2) is 7.90. The number of nitrogens with zero attached hydrogens (tertiary/aromatic N) is 1. The molecule has 1 atom stereocenters. The minimum absolute atomic E-state index is 0.0783. The van der Waals surface area contributed by atoms with Gasteiger partial charge >= 0.3 is 0 Å². The van der Waals surface area contributed by atoms with Gasteiger partial charge in [0.1, 0.15) is 5.69 Å². The maximum atomic E-state index is 12.4. The summed E-state index contributed by atoms with van der Waals surface area (Å²) in [5.41, 5.74) is 2.29. The molecule has 1 aliphatic rings. The number of benzene rings is 1. The molecule has 0 bridgehead atoms. The first-order valence-corrected chi connectivity index (χ1v) is 8.36. The van der Waals surface area contributed by atoms with Crippen molar-refractivity contribution in [2.75, 3.05) is 18.5 Å². The van der Waals surface area contributed by atoms with E-state index in [1.54, 1.807) is 6.07 Å². The van der Waals surface area contributed by atoms with Gasteiger partial charge in [-0.25, -0.2) is 0 Å². The van der Waals surface area contributed by atoms with Gasteiger partial charge in [0.15, 0.2) is 0 Å². The lowest BCUT2D eigenvalue weighted by molar-refractivity contribution is 0.0857. The Morgan fingerprint density at radius 2 is 2.08 bits per heavy atom. The van der Waals surface area contributed by atoms with Gasteiger partial charge in [0.2, 0.25) is 0 Å². The zero-order valence-corrected chi connectivity index (χ0v) is 14.1. The van der Waals surface area contributed by atoms with Gasteiger partial charge in [-0.15, -0.1) is 0 Å². The van der Waals surface area contributed by atoms with Crippen LogP contribution >= 0.6 is 0 Å². The highest BCUT2D eigenvalue weighted by Gasteiger charge is 2.17. The first-order chi connectivity index (χ1) is 12.1. The number of hydrogen-bond donors (Lipinski definition) is 2. The van der Waals surface area contributed by atoms with Gasteiger partial charge < -0.3 is 15.4 Å². The van der Waals surface area contributed by atoms with E-state index in [0.29, 0.717) is 12.1 Å². The van der Waals surface area contributed by atoms with Crippen molar-refractivity contribution >= 4 is 17.5 Å². The van der Waals surface area contributed by atoms with E-state index in [2.05, 4.69) is 15.6 Å². The number of para-hydroxylation sites is 1. The largest absolute Gasteiger partial charge is 0.376 e. The van der Waals surface area contributed by atoms with Crippen molar-refractivity contribution < 1.29 is 14.3 Å². The molecule has 2 amide bonds. The van der Waals surface area contributed by atoms with E-state index in [1.165, 1.54) is 12.3 Å². The number of hydrogen-bond acceptors (Lipinski definition) is 4. The van der Waals surface area contributed by atoms with Crippen LogP contribution in [0.15, 0.2) is 42.6 Å². The molecule has 130 valence electrons. The maximum Gasteiger partial charge on any atom is 0.274 e. The molecule has 0 radical (unpaired) electrons. The van der Waals surface area contributed by atoms with Crippen molar-refractivity contribution in [2.45, 2.75) is 25.9 Å². The normalized spacial score (nSPS) is 16.4. The summed E-state index contributed by atoms with van der Waals surface area (Å²) in [7, 11) is 0. The van der Waals surface area contributed by atoms with Crippen LogP contribution in [0.5, 0.6) is 0 Å². The number of nitrogens with one attached hydrogen (secondary N) is 2. The van der Waals surface area contributed by atoms with Gasteiger partial charge in [0.05, 0.1) is 6.10 Å². The molecule has 2 heterocycles. The van der Waals surface area contributed by atoms with Gasteiger partial charge in [-0.3, -0.25) is 14.6 Å². The van der Waals surface area contributed by atoms with Gasteiger partial charge in [0.25, 0.3) is 11.8 Å². The first kappa shape index (κ1) is 17.1. The van der Waals surface area contributed by atoms with Crippen LogP contribution in [0.25, 0.3) is 0 Å². The van der Waals surface area contributed by atoms with Crippen LogP contribution < -0.4 is 10.6 Å². The Labute approximate surface area is 146 Å². The first-order valence-electron chi connectivity index (χ1n) is 8.36. The maximum absolute atomic E-state index is 12.4. The molecule has 1 saturated heterocycles. The van der Waals surface area contributed by atoms with E-state index in [-0.39, 0.29) is 23.6 Å². The number of carbonyl (C=O) groups is 2. The fraction of sp³-hybridized carbons (Fsp3) is 0.316. The Morgan fingerprint density at radius 1 is 1.24 bits per heavy atom. The van der Waals surface area contributed by atoms with Crippen molar-refractivity contribution in [3.8, 4) is 0 Å². The van der Waals surface area contributed by atoms with E-state index in [9.17, 15) is 9.59 Å². The van der Waals surface area contributed by atoms with Crippen molar-refractivity contribution in [2.24, 2.45) is 0 Å². The Morgan fingerprint density at radius 3 is 2.84 bits per heavy atom. The molecule has 0 spiro atoms. The van der Waals surface area contributed by atoms with Crippen molar-refractivity contribution in [3.05, 3.63) is 59.4 Å². The average molecular weight is 339 g/mol. The van der Waals surface area contributed by atoms with Gasteiger partial charge in [0, 0.05) is 30.6 Å². The second-order valence-electron chi connectivity index (χ2n) is 6.04. The Balaban J connectivity index is 1.64. The highest BCUT2D eigenvalue weighted by molar-refractivity contribution is 6.05. The predicted molar refractivity (Wildman–Crippen MR) is 94.7 cm³/mol. The van der Waals surface area contributed by atoms with E-state index in [4.69, 9.17) is 4.74 Å². The van der Waals surface area contributed by atoms with Gasteiger partial charge in [-0.05, 0) is 43.5 Å². The van der Waals surface area contributed by atoms with Gasteiger partial charge in [-0.1, -0.05) is 18.2 Å².